The van der Waals surface area contributed by atoms with Gasteiger partial charge in [-0.1, -0.05) is 42.0 Å². The molecule has 0 N–H and O–H groups in total. The lowest BCUT2D eigenvalue weighted by atomic mass is 9.91. The van der Waals surface area contributed by atoms with E-state index in [9.17, 15) is 10.1 Å². The quantitative estimate of drug-likeness (QED) is 0.238. The Labute approximate surface area is 182 Å². The number of nitrogens with zero attached hydrogens (tertiary/aromatic N) is 2. The molecule has 6 nitrogen and oxygen atoms in total. The van der Waals surface area contributed by atoms with Crippen molar-refractivity contribution in [1.29, 1.82) is 0 Å². The highest BCUT2D eigenvalue weighted by molar-refractivity contribution is 6.03. The van der Waals surface area contributed by atoms with Gasteiger partial charge in [0.05, 0.1) is 31.0 Å². The average molecular weight is 421 g/mol. The van der Waals surface area contributed by atoms with Crippen LogP contribution in [0.15, 0.2) is 61.8 Å². The van der Waals surface area contributed by atoms with E-state index in [-0.39, 0.29) is 17.4 Å². The van der Waals surface area contributed by atoms with Gasteiger partial charge in [-0.25, -0.2) is 0 Å². The van der Waals surface area contributed by atoms with Crippen LogP contribution in [-0.4, -0.2) is 30.3 Å². The van der Waals surface area contributed by atoms with Crippen molar-refractivity contribution in [3.8, 4) is 22.6 Å². The molecule has 1 heterocycles. The van der Waals surface area contributed by atoms with E-state index in [1.54, 1.807) is 20.3 Å². The lowest BCUT2D eigenvalue weighted by Crippen LogP contribution is -2.15. The fraction of sp³-hybridized carbons (Fsp3) is 0.280. The maximum absolute atomic E-state index is 11.5. The molecule has 3 rings (SSSR count). The summed E-state index contributed by atoms with van der Waals surface area (Å²) in [6.45, 7) is 10.1. The highest BCUT2D eigenvalue weighted by Gasteiger charge is 2.28. The van der Waals surface area contributed by atoms with Crippen molar-refractivity contribution in [2.45, 2.75) is 25.8 Å². The van der Waals surface area contributed by atoms with Gasteiger partial charge in [-0.2, -0.15) is 0 Å². The van der Waals surface area contributed by atoms with Crippen molar-refractivity contribution >= 4 is 10.9 Å². The van der Waals surface area contributed by atoms with E-state index in [1.165, 1.54) is 5.56 Å². The normalized spacial score (nSPS) is 11.8. The van der Waals surface area contributed by atoms with Crippen LogP contribution in [0, 0.1) is 17.0 Å². The van der Waals surface area contributed by atoms with Crippen molar-refractivity contribution < 1.29 is 14.4 Å². The lowest BCUT2D eigenvalue weighted by Gasteiger charge is -2.20. The minimum Gasteiger partial charge on any atom is -0.496 e. The zero-order valence-electron chi connectivity index (χ0n) is 18.3. The second kappa shape index (κ2) is 9.51. The van der Waals surface area contributed by atoms with Gasteiger partial charge >= 0.3 is 0 Å². The minimum atomic E-state index is -0.389. The molecule has 3 aromatic rings. The van der Waals surface area contributed by atoms with Gasteiger partial charge in [0.1, 0.15) is 11.5 Å². The Morgan fingerprint density at radius 3 is 2.35 bits per heavy atom. The van der Waals surface area contributed by atoms with Crippen molar-refractivity contribution in [2.24, 2.45) is 0 Å². The van der Waals surface area contributed by atoms with E-state index >= 15 is 0 Å². The van der Waals surface area contributed by atoms with Crippen LogP contribution in [0.4, 0.5) is 0 Å². The smallest absolute Gasteiger partial charge is 0.211 e. The summed E-state index contributed by atoms with van der Waals surface area (Å²) in [7, 11) is 3.19. The molecule has 1 unspecified atom stereocenters. The third kappa shape index (κ3) is 4.33. The highest BCUT2D eigenvalue weighted by atomic mass is 16.6. The molecular weight excluding hydrogens is 392 g/mol. The molecule has 0 spiro atoms. The SMILES string of the molecule is C=CCC(C[N+](=O)[O-])c1c(OC)cc(OC)c2c(-c3ccc(C)cc3)cn(CC=C)c12. The van der Waals surface area contributed by atoms with Crippen molar-refractivity contribution in [2.75, 3.05) is 20.8 Å². The molecule has 0 aliphatic heterocycles. The van der Waals surface area contributed by atoms with Crippen LogP contribution < -0.4 is 9.47 Å². The number of methoxy groups -OCH3 is 2. The molecule has 31 heavy (non-hydrogen) atoms. The summed E-state index contributed by atoms with van der Waals surface area (Å²) in [6.07, 6.45) is 6.03. The molecule has 162 valence electrons. The first-order valence-corrected chi connectivity index (χ1v) is 10.1. The summed E-state index contributed by atoms with van der Waals surface area (Å²) < 4.78 is 13.5. The number of hydrogen-bond donors (Lipinski definition) is 0. The third-order valence-corrected chi connectivity index (χ3v) is 5.46. The number of hydrogen-bond acceptors (Lipinski definition) is 4. The number of allylic oxidation sites excluding steroid dienone is 2. The van der Waals surface area contributed by atoms with Crippen LogP contribution in [0.3, 0.4) is 0 Å². The molecule has 0 saturated carbocycles. The van der Waals surface area contributed by atoms with Crippen molar-refractivity contribution in [3.05, 3.63) is 83.1 Å². The Bertz CT molecular complexity index is 1110. The number of aryl methyl sites for hydroxylation is 1. The van der Waals surface area contributed by atoms with Gasteiger partial charge < -0.3 is 14.0 Å². The van der Waals surface area contributed by atoms with Gasteiger partial charge in [-0.05, 0) is 18.9 Å². The molecule has 0 saturated heterocycles. The summed E-state index contributed by atoms with van der Waals surface area (Å²) in [6, 6.07) is 10.1. The van der Waals surface area contributed by atoms with Crippen LogP contribution in [0.2, 0.25) is 0 Å². The molecule has 1 atom stereocenters. The highest BCUT2D eigenvalue weighted by Crippen LogP contribution is 2.46. The Balaban J connectivity index is 2.44. The van der Waals surface area contributed by atoms with Gasteiger partial charge in [0.25, 0.3) is 0 Å². The first-order valence-electron chi connectivity index (χ1n) is 10.1. The van der Waals surface area contributed by atoms with E-state index < -0.39 is 0 Å². The molecular formula is C25H28N2O4. The molecule has 1 aromatic heterocycles. The number of fused-ring (bicyclic) bond motifs is 1. The Morgan fingerprint density at radius 1 is 1.13 bits per heavy atom. The topological polar surface area (TPSA) is 66.5 Å². The van der Waals surface area contributed by atoms with E-state index in [4.69, 9.17) is 9.47 Å². The van der Waals surface area contributed by atoms with Crippen LogP contribution >= 0.6 is 0 Å². The number of rotatable bonds is 10. The second-order valence-corrected chi connectivity index (χ2v) is 7.50. The summed E-state index contributed by atoms with van der Waals surface area (Å²) in [4.78, 5) is 11.2. The second-order valence-electron chi connectivity index (χ2n) is 7.50. The number of benzene rings is 2. The summed E-state index contributed by atoms with van der Waals surface area (Å²) >= 11 is 0. The van der Waals surface area contributed by atoms with Crippen LogP contribution in [0.1, 0.15) is 23.5 Å². The summed E-state index contributed by atoms with van der Waals surface area (Å²) in [5.74, 6) is 0.838. The Kier molecular flexibility index (Phi) is 6.80. The molecule has 0 aliphatic rings. The predicted molar refractivity (Wildman–Crippen MR) is 125 cm³/mol. The average Bonchev–Trinajstić information content (AvgIpc) is 3.12. The van der Waals surface area contributed by atoms with Crippen LogP contribution in [0.5, 0.6) is 11.5 Å². The lowest BCUT2D eigenvalue weighted by molar-refractivity contribution is -0.483. The maximum atomic E-state index is 11.5. The van der Waals surface area contributed by atoms with E-state index in [0.717, 1.165) is 27.6 Å². The van der Waals surface area contributed by atoms with Gasteiger partial charge in [0, 0.05) is 34.9 Å². The van der Waals surface area contributed by atoms with E-state index in [2.05, 4.69) is 48.2 Å². The molecule has 0 bridgehead atoms. The van der Waals surface area contributed by atoms with Gasteiger partial charge in [-0.3, -0.25) is 10.1 Å². The zero-order chi connectivity index (χ0) is 22.5. The molecule has 0 amide bonds. The Morgan fingerprint density at radius 2 is 1.81 bits per heavy atom. The number of nitro groups is 1. The van der Waals surface area contributed by atoms with Gasteiger partial charge in [-0.15, -0.1) is 13.2 Å². The largest absolute Gasteiger partial charge is 0.496 e. The first kappa shape index (κ1) is 22.2. The summed E-state index contributed by atoms with van der Waals surface area (Å²) in [5.41, 5.74) is 4.86. The fourth-order valence-electron chi connectivity index (χ4n) is 4.10. The third-order valence-electron chi connectivity index (χ3n) is 5.46. The number of ether oxygens (including phenoxy) is 2. The van der Waals surface area contributed by atoms with E-state index in [0.29, 0.717) is 24.5 Å². The van der Waals surface area contributed by atoms with Crippen molar-refractivity contribution in [3.63, 3.8) is 0 Å². The van der Waals surface area contributed by atoms with Crippen molar-refractivity contribution in [1.82, 2.24) is 4.57 Å². The zero-order valence-corrected chi connectivity index (χ0v) is 18.3. The van der Waals surface area contributed by atoms with Gasteiger partial charge in [0.2, 0.25) is 6.54 Å². The van der Waals surface area contributed by atoms with Crippen LogP contribution in [0.25, 0.3) is 22.0 Å². The molecule has 0 fully saturated rings. The molecule has 6 heteroatoms. The predicted octanol–water partition coefficient (Wildman–Crippen LogP) is 5.76. The minimum absolute atomic E-state index is 0.219. The monoisotopic (exact) mass is 420 g/mol. The van der Waals surface area contributed by atoms with E-state index in [1.807, 2.05) is 19.1 Å². The Hall–Kier alpha value is -3.54. The maximum Gasteiger partial charge on any atom is 0.211 e. The van der Waals surface area contributed by atoms with Gasteiger partial charge in [0.15, 0.2) is 0 Å². The molecule has 0 aliphatic carbocycles. The number of aromatic nitrogens is 1. The standard InChI is InChI=1S/C25H28N2O4/c1-6-8-19(15-27(28)29)23-21(30-4)14-22(31-5)24-20(16-26(13-7-2)25(23)24)18-11-9-17(3)10-12-18/h6-7,9-12,14,16,19H,1-2,8,13,15H2,3-5H3. The molecule has 0 radical (unpaired) electrons. The first-order chi connectivity index (χ1) is 14.9. The summed E-state index contributed by atoms with van der Waals surface area (Å²) in [5, 5.41) is 12.4. The van der Waals surface area contributed by atoms with Crippen LogP contribution in [-0.2, 0) is 6.54 Å². The molecule has 2 aromatic carbocycles. The fourth-order valence-corrected chi connectivity index (χ4v) is 4.10.